The molecule has 0 amide bonds. The highest BCUT2D eigenvalue weighted by molar-refractivity contribution is 7.87. The number of para-hydroxylation sites is 1. The number of ether oxygens (including phenoxy) is 1. The minimum absolute atomic E-state index is 0.0595. The Kier molecular flexibility index (Phi) is 7.79. The summed E-state index contributed by atoms with van der Waals surface area (Å²) in [7, 11) is -1.79. The quantitative estimate of drug-likeness (QED) is 0.367. The van der Waals surface area contributed by atoms with Gasteiger partial charge in [0.25, 0.3) is 10.2 Å². The molecule has 0 spiro atoms. The zero-order chi connectivity index (χ0) is 23.3. The van der Waals surface area contributed by atoms with Crippen LogP contribution in [0.4, 0.5) is 5.82 Å². The molecule has 1 fully saturated rings. The zero-order valence-electron chi connectivity index (χ0n) is 19.2. The number of methoxy groups -OCH3 is 1. The van der Waals surface area contributed by atoms with Crippen LogP contribution in [-0.4, -0.2) is 49.3 Å². The van der Waals surface area contributed by atoms with Crippen LogP contribution in [0.25, 0.3) is 21.9 Å². The first-order valence-corrected chi connectivity index (χ1v) is 13.3. The molecule has 0 unspecified atom stereocenters. The van der Waals surface area contributed by atoms with Gasteiger partial charge in [0.2, 0.25) is 0 Å². The fourth-order valence-electron chi connectivity index (χ4n) is 4.61. The van der Waals surface area contributed by atoms with Gasteiger partial charge in [0.15, 0.2) is 5.82 Å². The van der Waals surface area contributed by atoms with Gasteiger partial charge < -0.3 is 15.0 Å². The van der Waals surface area contributed by atoms with Crippen molar-refractivity contribution in [2.75, 3.05) is 26.0 Å². The molecule has 10 heteroatoms. The van der Waals surface area contributed by atoms with Gasteiger partial charge in [0.05, 0.1) is 17.6 Å². The van der Waals surface area contributed by atoms with Crippen molar-refractivity contribution < 1.29 is 13.2 Å². The average molecular weight is 475 g/mol. The van der Waals surface area contributed by atoms with E-state index in [0.717, 1.165) is 54.3 Å². The summed E-state index contributed by atoms with van der Waals surface area (Å²) in [5.41, 5.74) is 8.75. The summed E-state index contributed by atoms with van der Waals surface area (Å²) in [6, 6.07) is 7.98. The van der Waals surface area contributed by atoms with Crippen LogP contribution in [0, 0.1) is 0 Å². The minimum Gasteiger partial charge on any atom is -0.384 e. The van der Waals surface area contributed by atoms with E-state index in [1.54, 1.807) is 7.11 Å². The first kappa shape index (κ1) is 23.9. The van der Waals surface area contributed by atoms with Crippen molar-refractivity contribution in [1.29, 1.82) is 0 Å². The van der Waals surface area contributed by atoms with Crippen molar-refractivity contribution in [1.82, 2.24) is 24.0 Å². The number of anilines is 1. The third kappa shape index (κ3) is 5.81. The second kappa shape index (κ2) is 10.8. The van der Waals surface area contributed by atoms with Crippen molar-refractivity contribution in [3.8, 4) is 0 Å². The topological polar surface area (TPSA) is 124 Å². The van der Waals surface area contributed by atoms with Crippen LogP contribution >= 0.6 is 0 Å². The molecule has 0 saturated heterocycles. The number of aryl methyl sites for hydroxylation is 1. The largest absolute Gasteiger partial charge is 0.384 e. The van der Waals surface area contributed by atoms with Gasteiger partial charge in [-0.15, -0.1) is 0 Å². The van der Waals surface area contributed by atoms with Crippen molar-refractivity contribution in [3.63, 3.8) is 0 Å². The van der Waals surface area contributed by atoms with E-state index in [1.807, 2.05) is 24.3 Å². The monoisotopic (exact) mass is 474 g/mol. The number of pyridine rings is 1. The molecule has 0 atom stereocenters. The van der Waals surface area contributed by atoms with E-state index in [0.29, 0.717) is 43.9 Å². The Bertz CT molecular complexity index is 1190. The molecule has 2 aromatic heterocycles. The average Bonchev–Trinajstić information content (AvgIpc) is 3.17. The number of aromatic nitrogens is 3. The normalized spacial score (nSPS) is 15.5. The standard InChI is InChI=1S/C23H34N6O3S/c1-32-16-13-20-27-21-22(18-11-5-6-12-19(18)26-23(21)24)29(20)15-8-7-14-25-33(30,31)28-17-9-3-2-4-10-17/h5-6,11-12,17,25,28H,2-4,7-10,13-16H2,1H3,(H2,24,26). The Morgan fingerprint density at radius 1 is 1.15 bits per heavy atom. The van der Waals surface area contributed by atoms with Gasteiger partial charge in [-0.3, -0.25) is 0 Å². The fourth-order valence-corrected chi connectivity index (χ4v) is 5.78. The first-order valence-electron chi connectivity index (χ1n) is 11.8. The Balaban J connectivity index is 1.44. The molecule has 1 aliphatic rings. The molecule has 0 bridgehead atoms. The van der Waals surface area contributed by atoms with Crippen LogP contribution in [0.2, 0.25) is 0 Å². The third-order valence-electron chi connectivity index (χ3n) is 6.25. The maximum absolute atomic E-state index is 12.3. The number of imidazole rings is 1. The lowest BCUT2D eigenvalue weighted by atomic mass is 9.96. The van der Waals surface area contributed by atoms with Crippen molar-refractivity contribution in [2.45, 2.75) is 64.0 Å². The van der Waals surface area contributed by atoms with E-state index in [-0.39, 0.29) is 6.04 Å². The maximum atomic E-state index is 12.3. The highest BCUT2D eigenvalue weighted by Gasteiger charge is 2.20. The lowest BCUT2D eigenvalue weighted by molar-refractivity contribution is 0.199. The Morgan fingerprint density at radius 3 is 2.73 bits per heavy atom. The Morgan fingerprint density at radius 2 is 1.94 bits per heavy atom. The molecule has 3 aromatic rings. The number of unbranched alkanes of at least 4 members (excludes halogenated alkanes) is 1. The van der Waals surface area contributed by atoms with Crippen molar-refractivity contribution in [2.24, 2.45) is 0 Å². The smallest absolute Gasteiger partial charge is 0.277 e. The third-order valence-corrected chi connectivity index (χ3v) is 7.47. The molecule has 0 radical (unpaired) electrons. The number of rotatable bonds is 11. The van der Waals surface area contributed by atoms with Crippen LogP contribution < -0.4 is 15.2 Å². The number of fused-ring (bicyclic) bond motifs is 3. The molecule has 1 saturated carbocycles. The number of nitrogen functional groups attached to an aromatic ring is 1. The van der Waals surface area contributed by atoms with Gasteiger partial charge in [-0.25, -0.2) is 14.7 Å². The summed E-state index contributed by atoms with van der Waals surface area (Å²) in [5, 5.41) is 1.01. The van der Waals surface area contributed by atoms with E-state index in [1.165, 1.54) is 6.42 Å². The zero-order valence-corrected chi connectivity index (χ0v) is 20.0. The van der Waals surface area contributed by atoms with Gasteiger partial charge in [0, 0.05) is 38.0 Å². The number of hydrogen-bond donors (Lipinski definition) is 3. The van der Waals surface area contributed by atoms with Crippen LogP contribution in [0.3, 0.4) is 0 Å². The van der Waals surface area contributed by atoms with E-state index in [4.69, 9.17) is 15.5 Å². The number of hydrogen-bond acceptors (Lipinski definition) is 6. The minimum atomic E-state index is -3.47. The van der Waals surface area contributed by atoms with Gasteiger partial charge in [-0.05, 0) is 31.7 Å². The molecule has 2 heterocycles. The van der Waals surface area contributed by atoms with Gasteiger partial charge >= 0.3 is 0 Å². The summed E-state index contributed by atoms with van der Waals surface area (Å²) in [6.45, 7) is 1.66. The van der Waals surface area contributed by atoms with E-state index in [2.05, 4.69) is 19.0 Å². The summed E-state index contributed by atoms with van der Waals surface area (Å²) in [4.78, 5) is 9.29. The number of nitrogens with two attached hydrogens (primary N) is 1. The van der Waals surface area contributed by atoms with Crippen molar-refractivity contribution >= 4 is 38.0 Å². The highest BCUT2D eigenvalue weighted by atomic mass is 32.2. The summed E-state index contributed by atoms with van der Waals surface area (Å²) < 4.78 is 37.6. The van der Waals surface area contributed by atoms with Crippen LogP contribution in [0.5, 0.6) is 0 Å². The summed E-state index contributed by atoms with van der Waals surface area (Å²) >= 11 is 0. The predicted octanol–water partition coefficient (Wildman–Crippen LogP) is 2.89. The van der Waals surface area contributed by atoms with Gasteiger partial charge in [0.1, 0.15) is 11.3 Å². The van der Waals surface area contributed by atoms with Crippen molar-refractivity contribution in [3.05, 3.63) is 30.1 Å². The summed E-state index contributed by atoms with van der Waals surface area (Å²) in [6.07, 6.45) is 7.39. The van der Waals surface area contributed by atoms with Crippen LogP contribution in [0.15, 0.2) is 24.3 Å². The SMILES string of the molecule is COCCc1nc2c(N)nc3ccccc3c2n1CCCCNS(=O)(=O)NC1CCCCC1. The van der Waals surface area contributed by atoms with E-state index in [9.17, 15) is 8.42 Å². The van der Waals surface area contributed by atoms with Gasteiger partial charge in [-0.1, -0.05) is 37.5 Å². The molecule has 1 aromatic carbocycles. The number of benzene rings is 1. The second-order valence-corrected chi connectivity index (χ2v) is 10.2. The van der Waals surface area contributed by atoms with E-state index < -0.39 is 10.2 Å². The van der Waals surface area contributed by atoms with Gasteiger partial charge in [-0.2, -0.15) is 13.1 Å². The van der Waals surface area contributed by atoms with E-state index >= 15 is 0 Å². The highest BCUT2D eigenvalue weighted by Crippen LogP contribution is 2.29. The maximum Gasteiger partial charge on any atom is 0.277 e. The van der Waals surface area contributed by atoms with Crippen LogP contribution in [0.1, 0.15) is 50.8 Å². The molecular weight excluding hydrogens is 440 g/mol. The molecule has 4 N–H and O–H groups in total. The second-order valence-electron chi connectivity index (χ2n) is 8.69. The summed E-state index contributed by atoms with van der Waals surface area (Å²) in [5.74, 6) is 1.32. The van der Waals surface area contributed by atoms with Crippen LogP contribution in [-0.2, 0) is 27.9 Å². The number of nitrogens with zero attached hydrogens (tertiary/aromatic N) is 3. The first-order chi connectivity index (χ1) is 16.0. The fraction of sp³-hybridized carbons (Fsp3) is 0.565. The molecule has 9 nitrogen and oxygen atoms in total. The Labute approximate surface area is 195 Å². The molecule has 0 aliphatic heterocycles. The predicted molar refractivity (Wildman–Crippen MR) is 131 cm³/mol. The molecular formula is C23H34N6O3S. The lowest BCUT2D eigenvalue weighted by Crippen LogP contribution is -2.43. The lowest BCUT2D eigenvalue weighted by Gasteiger charge is -2.22. The number of nitrogens with one attached hydrogen (secondary N) is 2. The molecule has 4 rings (SSSR count). The molecule has 1 aliphatic carbocycles. The molecule has 180 valence electrons. The Hall–Kier alpha value is -2.27. The molecule has 33 heavy (non-hydrogen) atoms.